The molecule has 0 amide bonds. The van der Waals surface area contributed by atoms with E-state index >= 15 is 0 Å². The van der Waals surface area contributed by atoms with Crippen LogP contribution < -0.4 is 9.47 Å². The minimum atomic E-state index is 0.728. The van der Waals surface area contributed by atoms with Crippen molar-refractivity contribution in [2.45, 2.75) is 6.92 Å². The van der Waals surface area contributed by atoms with E-state index in [1.807, 2.05) is 43.3 Å². The van der Waals surface area contributed by atoms with Gasteiger partial charge in [-0.05, 0) is 24.1 Å². The first-order valence-corrected chi connectivity index (χ1v) is 7.55. The van der Waals surface area contributed by atoms with Crippen LogP contribution in [0, 0.1) is 13.0 Å². The summed E-state index contributed by atoms with van der Waals surface area (Å²) in [6.07, 6.45) is 0. The van der Waals surface area contributed by atoms with E-state index in [1.165, 1.54) is 0 Å². The summed E-state index contributed by atoms with van der Waals surface area (Å²) in [6, 6.07) is 23.9. The molecule has 0 N–H and O–H groups in total. The highest BCUT2D eigenvalue weighted by atomic mass is 16.5. The lowest BCUT2D eigenvalue weighted by Gasteiger charge is -2.19. The molecule has 0 aliphatic rings. The van der Waals surface area contributed by atoms with Gasteiger partial charge in [0.1, 0.15) is 0 Å². The summed E-state index contributed by atoms with van der Waals surface area (Å²) in [7, 11) is 3.34. The smallest absolute Gasteiger partial charge is 0.169 e. The minimum absolute atomic E-state index is 0.728. The summed E-state index contributed by atoms with van der Waals surface area (Å²) in [5.41, 5.74) is 5.14. The van der Waals surface area contributed by atoms with Crippen LogP contribution in [0.5, 0.6) is 11.5 Å². The first kappa shape index (κ1) is 15.2. The van der Waals surface area contributed by atoms with Crippen LogP contribution in [0.15, 0.2) is 60.7 Å². The molecule has 0 fully saturated rings. The monoisotopic (exact) mass is 303 g/mol. The molecule has 2 nitrogen and oxygen atoms in total. The van der Waals surface area contributed by atoms with E-state index in [9.17, 15) is 0 Å². The van der Waals surface area contributed by atoms with E-state index in [1.54, 1.807) is 14.2 Å². The Balaban J connectivity index is 2.37. The van der Waals surface area contributed by atoms with Crippen molar-refractivity contribution in [1.82, 2.24) is 0 Å². The normalized spacial score (nSPS) is 10.4. The quantitative estimate of drug-likeness (QED) is 0.664. The third-order valence-electron chi connectivity index (χ3n) is 3.87. The number of ether oxygens (including phenoxy) is 2. The summed E-state index contributed by atoms with van der Waals surface area (Å²) in [5, 5.41) is 0. The molecule has 3 rings (SSSR count). The van der Waals surface area contributed by atoms with Gasteiger partial charge in [0, 0.05) is 16.7 Å². The molecule has 23 heavy (non-hydrogen) atoms. The fraction of sp³-hybridized carbons (Fsp3) is 0.143. The van der Waals surface area contributed by atoms with Gasteiger partial charge in [0.05, 0.1) is 14.2 Å². The highest BCUT2D eigenvalue weighted by Crippen LogP contribution is 2.46. The molecule has 0 aliphatic heterocycles. The molecule has 0 unspecified atom stereocenters. The number of aryl methyl sites for hydroxylation is 1. The number of hydrogen-bond donors (Lipinski definition) is 0. The van der Waals surface area contributed by atoms with Gasteiger partial charge in [-0.15, -0.1) is 0 Å². The van der Waals surface area contributed by atoms with Crippen molar-refractivity contribution < 1.29 is 9.47 Å². The van der Waals surface area contributed by atoms with Crippen molar-refractivity contribution in [2.24, 2.45) is 0 Å². The largest absolute Gasteiger partial charge is 0.493 e. The van der Waals surface area contributed by atoms with Gasteiger partial charge in [-0.1, -0.05) is 60.7 Å². The number of rotatable bonds is 4. The van der Waals surface area contributed by atoms with Gasteiger partial charge < -0.3 is 9.47 Å². The van der Waals surface area contributed by atoms with E-state index in [0.29, 0.717) is 0 Å². The van der Waals surface area contributed by atoms with Crippen LogP contribution in [0.2, 0.25) is 0 Å². The van der Waals surface area contributed by atoms with E-state index in [4.69, 9.17) is 9.47 Å². The van der Waals surface area contributed by atoms with Crippen molar-refractivity contribution in [1.29, 1.82) is 0 Å². The fourth-order valence-corrected chi connectivity index (χ4v) is 2.85. The highest BCUT2D eigenvalue weighted by Gasteiger charge is 2.20. The van der Waals surface area contributed by atoms with Gasteiger partial charge >= 0.3 is 0 Å². The fourth-order valence-electron chi connectivity index (χ4n) is 2.85. The zero-order valence-corrected chi connectivity index (χ0v) is 13.6. The summed E-state index contributed by atoms with van der Waals surface area (Å²) < 4.78 is 11.3. The van der Waals surface area contributed by atoms with Gasteiger partial charge in [0.25, 0.3) is 0 Å². The molecular weight excluding hydrogens is 284 g/mol. The minimum Gasteiger partial charge on any atom is -0.493 e. The third-order valence-corrected chi connectivity index (χ3v) is 3.87. The van der Waals surface area contributed by atoms with Crippen LogP contribution in [-0.4, -0.2) is 14.2 Å². The molecule has 0 atom stereocenters. The van der Waals surface area contributed by atoms with Gasteiger partial charge in [-0.2, -0.15) is 0 Å². The second kappa shape index (κ2) is 6.57. The van der Waals surface area contributed by atoms with Crippen LogP contribution >= 0.6 is 0 Å². The highest BCUT2D eigenvalue weighted by molar-refractivity contribution is 5.90. The Bertz CT molecular complexity index is 793. The lowest BCUT2D eigenvalue weighted by Crippen LogP contribution is -1.99. The predicted octanol–water partition coefficient (Wildman–Crippen LogP) is 5.15. The van der Waals surface area contributed by atoms with E-state index in [0.717, 1.165) is 39.3 Å². The molecule has 1 radical (unpaired) electrons. The summed E-state index contributed by atoms with van der Waals surface area (Å²) >= 11 is 0. The third kappa shape index (κ3) is 2.80. The molecule has 2 heteroatoms. The Morgan fingerprint density at radius 1 is 0.696 bits per heavy atom. The van der Waals surface area contributed by atoms with Crippen LogP contribution in [0.3, 0.4) is 0 Å². The number of methoxy groups -OCH3 is 2. The summed E-state index contributed by atoms with van der Waals surface area (Å²) in [4.78, 5) is 0. The molecule has 0 saturated heterocycles. The predicted molar refractivity (Wildman–Crippen MR) is 94.0 cm³/mol. The first-order valence-electron chi connectivity index (χ1n) is 7.55. The molecule has 0 aromatic heterocycles. The van der Waals surface area contributed by atoms with Gasteiger partial charge in [-0.25, -0.2) is 0 Å². The molecule has 3 aromatic rings. The second-order valence-corrected chi connectivity index (χ2v) is 5.30. The number of benzene rings is 3. The number of hydrogen-bond acceptors (Lipinski definition) is 2. The average molecular weight is 303 g/mol. The van der Waals surface area contributed by atoms with Crippen molar-refractivity contribution in [2.75, 3.05) is 14.2 Å². The maximum Gasteiger partial charge on any atom is 0.169 e. The van der Waals surface area contributed by atoms with E-state index in [2.05, 4.69) is 30.3 Å². The standard InChI is InChI=1S/C21H19O2/c1-15-14-18(16-10-6-4-7-11-16)19(17-12-8-5-9-13-17)21(23-3)20(15)22-2/h4-13H,1-3H3. The van der Waals surface area contributed by atoms with Crippen LogP contribution in [0.25, 0.3) is 22.3 Å². The maximum atomic E-state index is 5.72. The Morgan fingerprint density at radius 2 is 1.22 bits per heavy atom. The van der Waals surface area contributed by atoms with Crippen molar-refractivity contribution in [3.05, 3.63) is 72.3 Å². The van der Waals surface area contributed by atoms with Gasteiger partial charge in [0.2, 0.25) is 0 Å². The Hall–Kier alpha value is -2.74. The van der Waals surface area contributed by atoms with Crippen LogP contribution in [0.1, 0.15) is 5.56 Å². The van der Waals surface area contributed by atoms with Crippen molar-refractivity contribution in [3.63, 3.8) is 0 Å². The van der Waals surface area contributed by atoms with E-state index in [-0.39, 0.29) is 0 Å². The molecule has 0 aliphatic carbocycles. The molecular formula is C21H19O2. The first-order chi connectivity index (χ1) is 11.3. The molecule has 0 bridgehead atoms. The zero-order valence-electron chi connectivity index (χ0n) is 13.6. The Morgan fingerprint density at radius 3 is 1.74 bits per heavy atom. The van der Waals surface area contributed by atoms with E-state index < -0.39 is 0 Å². The zero-order chi connectivity index (χ0) is 16.2. The van der Waals surface area contributed by atoms with Crippen molar-refractivity contribution in [3.8, 4) is 33.8 Å². The topological polar surface area (TPSA) is 18.5 Å². The van der Waals surface area contributed by atoms with Gasteiger partial charge in [0.15, 0.2) is 11.5 Å². The Kier molecular flexibility index (Phi) is 4.33. The molecule has 3 aromatic carbocycles. The lowest BCUT2D eigenvalue weighted by atomic mass is 9.91. The van der Waals surface area contributed by atoms with Crippen LogP contribution in [-0.2, 0) is 0 Å². The lowest BCUT2D eigenvalue weighted by molar-refractivity contribution is 0.354. The average Bonchev–Trinajstić information content (AvgIpc) is 2.62. The molecule has 0 spiro atoms. The van der Waals surface area contributed by atoms with Gasteiger partial charge in [-0.3, -0.25) is 0 Å². The Labute approximate surface area is 137 Å². The molecule has 115 valence electrons. The molecule has 0 saturated carbocycles. The summed E-state index contributed by atoms with van der Waals surface area (Å²) in [6.45, 7) is 1.99. The SMILES string of the molecule is COc1c(C)[c]c(-c2ccccc2)c(-c2ccccc2)c1OC. The van der Waals surface area contributed by atoms with Crippen LogP contribution in [0.4, 0.5) is 0 Å². The van der Waals surface area contributed by atoms with Crippen molar-refractivity contribution >= 4 is 0 Å². The molecule has 0 heterocycles. The second-order valence-electron chi connectivity index (χ2n) is 5.30. The summed E-state index contributed by atoms with van der Waals surface area (Å²) in [5.74, 6) is 1.47. The maximum absolute atomic E-state index is 5.72.